The van der Waals surface area contributed by atoms with Gasteiger partial charge in [-0.2, -0.15) is 0 Å². The molecule has 1 atom stereocenters. The van der Waals surface area contributed by atoms with E-state index in [2.05, 4.69) is 6.58 Å². The minimum Gasteiger partial charge on any atom is -0.481 e. The fourth-order valence-corrected chi connectivity index (χ4v) is 1.39. The summed E-state index contributed by atoms with van der Waals surface area (Å²) in [5.41, 5.74) is 0.988. The van der Waals surface area contributed by atoms with E-state index in [1.807, 2.05) is 37.3 Å². The summed E-state index contributed by atoms with van der Waals surface area (Å²) in [4.78, 5) is 20.5. The van der Waals surface area contributed by atoms with Gasteiger partial charge in [-0.1, -0.05) is 43.8 Å². The number of hydrogen-bond donors (Lipinski definition) is 1. The molecule has 0 saturated heterocycles. The monoisotopic (exact) mass is 250 g/mol. The lowest BCUT2D eigenvalue weighted by atomic mass is 9.97. The minimum atomic E-state index is -0.833. The lowest BCUT2D eigenvalue weighted by Gasteiger charge is -2.11. The number of aliphatic carboxylic acids is 1. The van der Waals surface area contributed by atoms with Gasteiger partial charge in [0.1, 0.15) is 0 Å². The second-order valence-corrected chi connectivity index (χ2v) is 3.49. The molecular weight excluding hydrogens is 232 g/mol. The average molecular weight is 250 g/mol. The smallest absolute Gasteiger partial charge is 0.318 e. The first-order valence-corrected chi connectivity index (χ1v) is 5.58. The third-order valence-electron chi connectivity index (χ3n) is 2.09. The van der Waals surface area contributed by atoms with Crippen LogP contribution in [-0.2, 0) is 14.3 Å². The Kier molecular flexibility index (Phi) is 7.94. The number of rotatable bonds is 4. The van der Waals surface area contributed by atoms with Crippen molar-refractivity contribution in [2.75, 3.05) is 0 Å². The molecule has 0 aliphatic carbocycles. The van der Waals surface area contributed by atoms with Gasteiger partial charge in [0.15, 0.2) is 0 Å². The van der Waals surface area contributed by atoms with Crippen molar-refractivity contribution in [3.8, 4) is 0 Å². The van der Waals surface area contributed by atoms with E-state index in [1.165, 1.54) is 6.26 Å². The Bertz CT molecular complexity index is 380. The topological polar surface area (TPSA) is 63.6 Å². The summed E-state index contributed by atoms with van der Waals surface area (Å²) < 4.78 is 4.77. The fourth-order valence-electron chi connectivity index (χ4n) is 1.39. The third kappa shape index (κ3) is 6.48. The number of ether oxygens (including phenoxy) is 1. The highest BCUT2D eigenvalue weighted by Gasteiger charge is 2.18. The first-order chi connectivity index (χ1) is 8.52. The van der Waals surface area contributed by atoms with Crippen LogP contribution in [0.4, 0.5) is 0 Å². The van der Waals surface area contributed by atoms with Crippen LogP contribution in [0.3, 0.4) is 0 Å². The Morgan fingerprint density at radius 2 is 1.89 bits per heavy atom. The molecule has 0 aliphatic rings. The first kappa shape index (κ1) is 15.9. The van der Waals surface area contributed by atoms with Gasteiger partial charge in [0, 0.05) is 6.92 Å². The van der Waals surface area contributed by atoms with Gasteiger partial charge in [0.25, 0.3) is 5.97 Å². The Labute approximate surface area is 107 Å². The zero-order chi connectivity index (χ0) is 14.0. The van der Waals surface area contributed by atoms with E-state index in [9.17, 15) is 4.79 Å². The number of carbonyl (C=O) groups excluding carboxylic acids is 1. The molecule has 0 aromatic heterocycles. The van der Waals surface area contributed by atoms with E-state index in [1.54, 1.807) is 0 Å². The number of carbonyl (C=O) groups is 2. The predicted molar refractivity (Wildman–Crippen MR) is 69.1 cm³/mol. The molecule has 1 aromatic carbocycles. The summed E-state index contributed by atoms with van der Waals surface area (Å²) in [6.07, 6.45) is 1.91. The zero-order valence-electron chi connectivity index (χ0n) is 10.6. The van der Waals surface area contributed by atoms with Gasteiger partial charge in [-0.15, -0.1) is 0 Å². The van der Waals surface area contributed by atoms with E-state index in [0.29, 0.717) is 0 Å². The van der Waals surface area contributed by atoms with Crippen molar-refractivity contribution >= 4 is 11.9 Å². The summed E-state index contributed by atoms with van der Waals surface area (Å²) in [5.74, 6) is -1.26. The summed E-state index contributed by atoms with van der Waals surface area (Å²) in [6, 6.07) is 9.62. The van der Waals surface area contributed by atoms with E-state index in [-0.39, 0.29) is 11.9 Å². The number of hydrogen-bond acceptors (Lipinski definition) is 3. The molecular formula is C14H18O4. The Morgan fingerprint density at radius 3 is 2.28 bits per heavy atom. The molecule has 0 fully saturated rings. The van der Waals surface area contributed by atoms with Crippen molar-refractivity contribution in [1.29, 1.82) is 0 Å². The molecule has 0 aliphatic heterocycles. The largest absolute Gasteiger partial charge is 0.481 e. The van der Waals surface area contributed by atoms with Crippen molar-refractivity contribution in [1.82, 2.24) is 0 Å². The molecule has 1 N–H and O–H groups in total. The van der Waals surface area contributed by atoms with Crippen molar-refractivity contribution in [3.63, 3.8) is 0 Å². The molecule has 18 heavy (non-hydrogen) atoms. The molecule has 0 heterocycles. The second-order valence-electron chi connectivity index (χ2n) is 3.49. The van der Waals surface area contributed by atoms with Crippen molar-refractivity contribution < 1.29 is 19.4 Å². The fraction of sp³-hybridized carbons (Fsp3) is 0.286. The van der Waals surface area contributed by atoms with E-state index >= 15 is 0 Å². The van der Waals surface area contributed by atoms with Gasteiger partial charge >= 0.3 is 5.97 Å². The summed E-state index contributed by atoms with van der Waals surface area (Å²) in [5, 5.41) is 7.42. The van der Waals surface area contributed by atoms with Crippen molar-refractivity contribution in [2.24, 2.45) is 0 Å². The number of benzene rings is 1. The molecule has 1 aromatic rings. The quantitative estimate of drug-likeness (QED) is 0.659. The molecule has 0 unspecified atom stereocenters. The first-order valence-electron chi connectivity index (χ1n) is 5.58. The lowest BCUT2D eigenvalue weighted by Crippen LogP contribution is -2.12. The van der Waals surface area contributed by atoms with E-state index in [4.69, 9.17) is 14.6 Å². The van der Waals surface area contributed by atoms with Gasteiger partial charge < -0.3 is 9.84 Å². The molecule has 0 saturated carbocycles. The van der Waals surface area contributed by atoms with Gasteiger partial charge in [-0.05, 0) is 12.0 Å². The maximum Gasteiger partial charge on any atom is 0.318 e. The van der Waals surface area contributed by atoms with Gasteiger partial charge in [0.2, 0.25) is 0 Å². The molecule has 0 bridgehead atoms. The van der Waals surface area contributed by atoms with E-state index in [0.717, 1.165) is 18.9 Å². The summed E-state index contributed by atoms with van der Waals surface area (Å²) in [7, 11) is 0. The molecule has 98 valence electrons. The van der Waals surface area contributed by atoms with Gasteiger partial charge in [-0.25, -0.2) is 0 Å². The Hall–Kier alpha value is -2.10. The maximum absolute atomic E-state index is 11.5. The van der Waals surface area contributed by atoms with Gasteiger partial charge in [0.05, 0.1) is 12.2 Å². The van der Waals surface area contributed by atoms with Crippen LogP contribution in [0, 0.1) is 0 Å². The van der Waals surface area contributed by atoms with Gasteiger partial charge in [-0.3, -0.25) is 9.59 Å². The molecule has 1 rings (SSSR count). The molecule has 0 amide bonds. The third-order valence-corrected chi connectivity index (χ3v) is 2.09. The summed E-state index contributed by atoms with van der Waals surface area (Å²) in [6.45, 7) is 6.41. The number of carboxylic acid groups (broad SMARTS) is 1. The van der Waals surface area contributed by atoms with Crippen LogP contribution in [0.1, 0.15) is 31.7 Å². The Morgan fingerprint density at radius 1 is 1.39 bits per heavy atom. The molecule has 0 radical (unpaired) electrons. The van der Waals surface area contributed by atoms with Crippen LogP contribution < -0.4 is 0 Å². The highest BCUT2D eigenvalue weighted by Crippen LogP contribution is 2.20. The van der Waals surface area contributed by atoms with Crippen LogP contribution >= 0.6 is 0 Å². The highest BCUT2D eigenvalue weighted by molar-refractivity contribution is 5.78. The number of carboxylic acids is 1. The zero-order valence-corrected chi connectivity index (χ0v) is 10.6. The second kappa shape index (κ2) is 8.98. The minimum absolute atomic E-state index is 0.186. The van der Waals surface area contributed by atoms with Crippen LogP contribution in [-0.4, -0.2) is 17.0 Å². The predicted octanol–water partition coefficient (Wildman–Crippen LogP) is 2.96. The standard InChI is InChI=1S/C12H14O2.C2H4O2/c1-3-11(12(13)14-4-2)10-8-6-5-7-9-10;1-2(3)4/h4-9,11H,2-3H2,1H3;1H3,(H,3,4)/t11-;/m0./s1. The SMILES string of the molecule is C=COC(=O)[C@@H](CC)c1ccccc1.CC(=O)O. The molecule has 4 nitrogen and oxygen atoms in total. The van der Waals surface area contributed by atoms with Crippen LogP contribution in [0.5, 0.6) is 0 Å². The average Bonchev–Trinajstić information content (AvgIpc) is 2.31. The molecule has 4 heteroatoms. The van der Waals surface area contributed by atoms with Crippen LogP contribution in [0.25, 0.3) is 0 Å². The van der Waals surface area contributed by atoms with Crippen LogP contribution in [0.2, 0.25) is 0 Å². The normalized spacial score (nSPS) is 10.6. The summed E-state index contributed by atoms with van der Waals surface area (Å²) >= 11 is 0. The lowest BCUT2D eigenvalue weighted by molar-refractivity contribution is -0.140. The van der Waals surface area contributed by atoms with Crippen LogP contribution in [0.15, 0.2) is 43.2 Å². The van der Waals surface area contributed by atoms with Crippen molar-refractivity contribution in [2.45, 2.75) is 26.2 Å². The number of esters is 1. The highest BCUT2D eigenvalue weighted by atomic mass is 16.5. The molecule has 0 spiro atoms. The Balaban J connectivity index is 0.000000631. The van der Waals surface area contributed by atoms with E-state index < -0.39 is 5.97 Å². The maximum atomic E-state index is 11.5. The van der Waals surface area contributed by atoms with Crippen molar-refractivity contribution in [3.05, 3.63) is 48.7 Å².